The Balaban J connectivity index is 2.08. The number of hydrogen-bond donors (Lipinski definition) is 0. The van der Waals surface area contributed by atoms with Crippen LogP contribution in [0.15, 0.2) is 30.3 Å². The molecule has 1 heterocycles. The molecular weight excluding hydrogens is 318 g/mol. The average Bonchev–Trinajstić information content (AvgIpc) is 2.54. The van der Waals surface area contributed by atoms with Crippen molar-refractivity contribution < 1.29 is 22.7 Å². The van der Waals surface area contributed by atoms with Gasteiger partial charge in [-0.1, -0.05) is 30.3 Å². The van der Waals surface area contributed by atoms with Crippen molar-refractivity contribution in [1.29, 1.82) is 0 Å². The number of hydrogen-bond acceptors (Lipinski definition) is 6. The lowest BCUT2D eigenvalue weighted by Gasteiger charge is -2.33. The van der Waals surface area contributed by atoms with Crippen LogP contribution < -0.4 is 0 Å². The van der Waals surface area contributed by atoms with Crippen molar-refractivity contribution in [2.24, 2.45) is 0 Å². The highest BCUT2D eigenvalue weighted by Crippen LogP contribution is 2.24. The van der Waals surface area contributed by atoms with Gasteiger partial charge < -0.3 is 9.47 Å². The predicted molar refractivity (Wildman–Crippen MR) is 86.9 cm³/mol. The number of carbonyl (C=O) groups is 1. The van der Waals surface area contributed by atoms with E-state index in [9.17, 15) is 13.2 Å². The normalized spacial score (nSPS) is 19.2. The van der Waals surface area contributed by atoms with Gasteiger partial charge >= 0.3 is 5.97 Å². The molecule has 0 N–H and O–H groups in total. The molecule has 2 rings (SSSR count). The van der Waals surface area contributed by atoms with E-state index in [0.29, 0.717) is 26.3 Å². The predicted octanol–water partition coefficient (Wildman–Crippen LogP) is 1.04. The summed E-state index contributed by atoms with van der Waals surface area (Å²) in [5, 5.41) is 0. The fraction of sp³-hybridized carbons (Fsp3) is 0.562. The van der Waals surface area contributed by atoms with Crippen LogP contribution in [0.1, 0.15) is 18.5 Å². The van der Waals surface area contributed by atoms with Gasteiger partial charge in [-0.05, 0) is 12.5 Å². The summed E-state index contributed by atoms with van der Waals surface area (Å²) < 4.78 is 33.7. The summed E-state index contributed by atoms with van der Waals surface area (Å²) in [4.78, 5) is 14.4. The molecule has 0 saturated carbocycles. The third kappa shape index (κ3) is 5.30. The van der Waals surface area contributed by atoms with E-state index in [-0.39, 0.29) is 24.1 Å². The second-order valence-corrected chi connectivity index (χ2v) is 7.67. The summed E-state index contributed by atoms with van der Waals surface area (Å²) in [5.41, 5.74) is 0.813. The highest BCUT2D eigenvalue weighted by molar-refractivity contribution is 7.91. The minimum Gasteiger partial charge on any atom is -0.462 e. The van der Waals surface area contributed by atoms with Crippen LogP contribution in [0.2, 0.25) is 0 Å². The standard InChI is InChI=1S/C16H23NO5S/c1-2-21-10-11-22-16(18)15(14-6-4-3-5-7-14)17-8-12-23(19,20)13-9-17/h3-7,15H,2,8-13H2,1H3/t15-/m1/s1. The summed E-state index contributed by atoms with van der Waals surface area (Å²) in [6.45, 7) is 3.68. The third-order valence-electron chi connectivity index (χ3n) is 3.76. The summed E-state index contributed by atoms with van der Waals surface area (Å²) in [6.07, 6.45) is 0. The Labute approximate surface area is 137 Å². The van der Waals surface area contributed by atoms with Crippen molar-refractivity contribution in [2.75, 3.05) is 44.4 Å². The van der Waals surface area contributed by atoms with Crippen LogP contribution in [0, 0.1) is 0 Å². The van der Waals surface area contributed by atoms with Crippen LogP contribution in [0.3, 0.4) is 0 Å². The topological polar surface area (TPSA) is 72.9 Å². The zero-order valence-electron chi connectivity index (χ0n) is 13.3. The molecule has 0 bridgehead atoms. The molecule has 1 aromatic rings. The Bertz CT molecular complexity index is 588. The smallest absolute Gasteiger partial charge is 0.328 e. The van der Waals surface area contributed by atoms with Crippen LogP contribution in [-0.4, -0.2) is 63.7 Å². The lowest BCUT2D eigenvalue weighted by molar-refractivity contribution is -0.151. The van der Waals surface area contributed by atoms with E-state index in [2.05, 4.69) is 0 Å². The molecule has 0 aromatic heterocycles. The van der Waals surface area contributed by atoms with Gasteiger partial charge in [0, 0.05) is 19.7 Å². The van der Waals surface area contributed by atoms with E-state index in [0.717, 1.165) is 5.56 Å². The summed E-state index contributed by atoms with van der Waals surface area (Å²) in [7, 11) is -3.00. The van der Waals surface area contributed by atoms with E-state index in [1.54, 1.807) is 0 Å². The van der Waals surface area contributed by atoms with Crippen molar-refractivity contribution in [2.45, 2.75) is 13.0 Å². The molecule has 23 heavy (non-hydrogen) atoms. The number of ether oxygens (including phenoxy) is 2. The van der Waals surface area contributed by atoms with Gasteiger partial charge in [0.25, 0.3) is 0 Å². The Morgan fingerprint density at radius 1 is 1.17 bits per heavy atom. The van der Waals surface area contributed by atoms with Crippen molar-refractivity contribution >= 4 is 15.8 Å². The Morgan fingerprint density at radius 2 is 1.83 bits per heavy atom. The molecule has 1 aliphatic heterocycles. The van der Waals surface area contributed by atoms with Crippen LogP contribution in [-0.2, 0) is 24.1 Å². The minimum absolute atomic E-state index is 0.0720. The third-order valence-corrected chi connectivity index (χ3v) is 5.37. The van der Waals surface area contributed by atoms with Gasteiger partial charge in [-0.25, -0.2) is 13.2 Å². The highest BCUT2D eigenvalue weighted by atomic mass is 32.2. The first kappa shape index (κ1) is 17.9. The second kappa shape index (κ2) is 8.42. The first-order chi connectivity index (χ1) is 11.0. The monoisotopic (exact) mass is 341 g/mol. The molecule has 128 valence electrons. The molecule has 1 fully saturated rings. The Kier molecular flexibility index (Phi) is 6.56. The van der Waals surface area contributed by atoms with Crippen LogP contribution in [0.4, 0.5) is 0 Å². The number of benzene rings is 1. The summed E-state index contributed by atoms with van der Waals surface area (Å²) in [5.74, 6) is -0.222. The molecular formula is C16H23NO5S. The Hall–Kier alpha value is -1.44. The molecule has 0 amide bonds. The molecule has 7 heteroatoms. The van der Waals surface area contributed by atoms with Crippen molar-refractivity contribution in [1.82, 2.24) is 4.90 Å². The zero-order valence-corrected chi connectivity index (χ0v) is 14.1. The molecule has 0 spiro atoms. The average molecular weight is 341 g/mol. The lowest BCUT2D eigenvalue weighted by atomic mass is 10.1. The quantitative estimate of drug-likeness (QED) is 0.545. The number of carbonyl (C=O) groups excluding carboxylic acids is 1. The second-order valence-electron chi connectivity index (χ2n) is 5.37. The molecule has 1 aliphatic rings. The van der Waals surface area contributed by atoms with E-state index < -0.39 is 15.9 Å². The molecule has 1 saturated heterocycles. The zero-order chi connectivity index (χ0) is 16.7. The van der Waals surface area contributed by atoms with E-state index >= 15 is 0 Å². The van der Waals surface area contributed by atoms with Crippen molar-refractivity contribution in [3.8, 4) is 0 Å². The van der Waals surface area contributed by atoms with Gasteiger partial charge in [0.05, 0.1) is 18.1 Å². The largest absolute Gasteiger partial charge is 0.462 e. The lowest BCUT2D eigenvalue weighted by Crippen LogP contribution is -2.45. The van der Waals surface area contributed by atoms with E-state index in [1.165, 1.54) is 0 Å². The van der Waals surface area contributed by atoms with E-state index in [4.69, 9.17) is 9.47 Å². The fourth-order valence-electron chi connectivity index (χ4n) is 2.54. The van der Waals surface area contributed by atoms with Gasteiger partial charge in [0.2, 0.25) is 0 Å². The van der Waals surface area contributed by atoms with Crippen LogP contribution in [0.25, 0.3) is 0 Å². The highest BCUT2D eigenvalue weighted by Gasteiger charge is 2.33. The molecule has 1 aromatic carbocycles. The SMILES string of the molecule is CCOCCOC(=O)[C@@H](c1ccccc1)N1CCS(=O)(=O)CC1. The maximum absolute atomic E-state index is 12.5. The number of sulfone groups is 1. The van der Waals surface area contributed by atoms with E-state index in [1.807, 2.05) is 42.2 Å². The van der Waals surface area contributed by atoms with Crippen LogP contribution in [0.5, 0.6) is 0 Å². The van der Waals surface area contributed by atoms with Crippen molar-refractivity contribution in [3.05, 3.63) is 35.9 Å². The van der Waals surface area contributed by atoms with Gasteiger partial charge in [0.15, 0.2) is 9.84 Å². The van der Waals surface area contributed by atoms with Crippen molar-refractivity contribution in [3.63, 3.8) is 0 Å². The molecule has 0 aliphatic carbocycles. The maximum atomic E-state index is 12.5. The molecule has 1 atom stereocenters. The Morgan fingerprint density at radius 3 is 2.43 bits per heavy atom. The molecule has 0 unspecified atom stereocenters. The van der Waals surface area contributed by atoms with Gasteiger partial charge in [-0.15, -0.1) is 0 Å². The molecule has 6 nitrogen and oxygen atoms in total. The van der Waals surface area contributed by atoms with Crippen LogP contribution >= 0.6 is 0 Å². The van der Waals surface area contributed by atoms with Gasteiger partial charge in [-0.3, -0.25) is 4.90 Å². The number of rotatable bonds is 7. The number of esters is 1. The van der Waals surface area contributed by atoms with Gasteiger partial charge in [0.1, 0.15) is 12.6 Å². The molecule has 0 radical (unpaired) electrons. The first-order valence-corrected chi connectivity index (χ1v) is 9.59. The first-order valence-electron chi connectivity index (χ1n) is 7.77. The fourth-order valence-corrected chi connectivity index (χ4v) is 3.77. The summed E-state index contributed by atoms with van der Waals surface area (Å²) in [6, 6.07) is 8.73. The number of nitrogens with zero attached hydrogens (tertiary/aromatic N) is 1. The maximum Gasteiger partial charge on any atom is 0.328 e. The minimum atomic E-state index is -3.00. The van der Waals surface area contributed by atoms with Gasteiger partial charge in [-0.2, -0.15) is 0 Å². The summed E-state index contributed by atoms with van der Waals surface area (Å²) >= 11 is 0.